The van der Waals surface area contributed by atoms with E-state index in [0.29, 0.717) is 11.3 Å². The first kappa shape index (κ1) is 17.5. The van der Waals surface area contributed by atoms with Gasteiger partial charge in [0.15, 0.2) is 0 Å². The van der Waals surface area contributed by atoms with Gasteiger partial charge in [0.2, 0.25) is 5.91 Å². The molecule has 0 unspecified atom stereocenters. The molecule has 3 rings (SSSR count). The number of rotatable bonds is 3. The van der Waals surface area contributed by atoms with Crippen LogP contribution in [0.2, 0.25) is 0 Å². The predicted octanol–water partition coefficient (Wildman–Crippen LogP) is 3.77. The van der Waals surface area contributed by atoms with E-state index in [0.717, 1.165) is 26.2 Å². The zero-order chi connectivity index (χ0) is 17.3. The summed E-state index contributed by atoms with van der Waals surface area (Å²) >= 11 is 0. The predicted molar refractivity (Wildman–Crippen MR) is 98.9 cm³/mol. The summed E-state index contributed by atoms with van der Waals surface area (Å²) in [5.74, 6) is 0.452. The molecule has 2 heterocycles. The van der Waals surface area contributed by atoms with Gasteiger partial charge in [0.05, 0.1) is 0 Å². The van der Waals surface area contributed by atoms with Gasteiger partial charge in [-0.25, -0.2) is 0 Å². The van der Waals surface area contributed by atoms with Crippen LogP contribution in [-0.4, -0.2) is 41.9 Å². The van der Waals surface area contributed by atoms with E-state index in [2.05, 4.69) is 41.8 Å². The van der Waals surface area contributed by atoms with Crippen LogP contribution in [0.5, 0.6) is 0 Å². The SMILES string of the molecule is Cc1cccc(C)c1CN1CCC[C@]2(CCN(C(=O)C(C)C)C2)C1. The van der Waals surface area contributed by atoms with Crippen LogP contribution in [0.25, 0.3) is 0 Å². The molecule has 1 atom stereocenters. The molecule has 3 heteroatoms. The highest BCUT2D eigenvalue weighted by molar-refractivity contribution is 5.78. The number of carbonyl (C=O) groups is 1. The second kappa shape index (κ2) is 6.87. The van der Waals surface area contributed by atoms with Gasteiger partial charge in [0.1, 0.15) is 0 Å². The molecule has 0 bridgehead atoms. The molecule has 132 valence electrons. The van der Waals surface area contributed by atoms with Gasteiger partial charge in [0.25, 0.3) is 0 Å². The van der Waals surface area contributed by atoms with E-state index in [4.69, 9.17) is 0 Å². The summed E-state index contributed by atoms with van der Waals surface area (Å²) in [6.45, 7) is 13.8. The van der Waals surface area contributed by atoms with E-state index in [9.17, 15) is 4.79 Å². The normalized spacial score (nSPS) is 25.0. The summed E-state index contributed by atoms with van der Waals surface area (Å²) in [4.78, 5) is 17.1. The Bertz CT molecular complexity index is 590. The molecule has 0 radical (unpaired) electrons. The Balaban J connectivity index is 1.68. The summed E-state index contributed by atoms with van der Waals surface area (Å²) in [6, 6.07) is 6.60. The van der Waals surface area contributed by atoms with Gasteiger partial charge in [-0.15, -0.1) is 0 Å². The number of hydrogen-bond donors (Lipinski definition) is 0. The second-order valence-electron chi connectivity index (χ2n) is 8.35. The molecule has 0 aliphatic carbocycles. The Morgan fingerprint density at radius 3 is 2.50 bits per heavy atom. The third kappa shape index (κ3) is 3.51. The summed E-state index contributed by atoms with van der Waals surface area (Å²) in [5.41, 5.74) is 4.62. The molecular weight excluding hydrogens is 296 g/mol. The Morgan fingerprint density at radius 1 is 1.12 bits per heavy atom. The van der Waals surface area contributed by atoms with E-state index >= 15 is 0 Å². The van der Waals surface area contributed by atoms with E-state index < -0.39 is 0 Å². The molecule has 2 fully saturated rings. The maximum atomic E-state index is 12.3. The van der Waals surface area contributed by atoms with Gasteiger partial charge >= 0.3 is 0 Å². The van der Waals surface area contributed by atoms with Crippen molar-refractivity contribution in [1.29, 1.82) is 0 Å². The van der Waals surface area contributed by atoms with Gasteiger partial charge in [-0.2, -0.15) is 0 Å². The molecule has 24 heavy (non-hydrogen) atoms. The van der Waals surface area contributed by atoms with Crippen molar-refractivity contribution < 1.29 is 4.79 Å². The Morgan fingerprint density at radius 2 is 1.83 bits per heavy atom. The smallest absolute Gasteiger partial charge is 0.225 e. The van der Waals surface area contributed by atoms with Gasteiger partial charge in [-0.05, 0) is 56.3 Å². The highest BCUT2D eigenvalue weighted by atomic mass is 16.2. The topological polar surface area (TPSA) is 23.6 Å². The standard InChI is InChI=1S/C21H32N2O/c1-16(2)20(24)23-12-10-21(15-23)9-6-11-22(14-21)13-19-17(3)7-5-8-18(19)4/h5,7-8,16H,6,9-15H2,1-4H3/t21-/m0/s1. The van der Waals surface area contributed by atoms with Crippen LogP contribution in [0.4, 0.5) is 0 Å². The second-order valence-corrected chi connectivity index (χ2v) is 8.35. The molecule has 1 aromatic rings. The lowest BCUT2D eigenvalue weighted by atomic mass is 9.79. The van der Waals surface area contributed by atoms with Gasteiger partial charge in [-0.3, -0.25) is 9.69 Å². The fourth-order valence-corrected chi connectivity index (χ4v) is 4.59. The zero-order valence-electron chi connectivity index (χ0n) is 15.8. The summed E-state index contributed by atoms with van der Waals surface area (Å²) < 4.78 is 0. The summed E-state index contributed by atoms with van der Waals surface area (Å²) in [5, 5.41) is 0. The fraction of sp³-hybridized carbons (Fsp3) is 0.667. The molecule has 1 amide bonds. The highest BCUT2D eigenvalue weighted by Crippen LogP contribution is 2.40. The van der Waals surface area contributed by atoms with Crippen molar-refractivity contribution in [1.82, 2.24) is 9.80 Å². The zero-order valence-corrected chi connectivity index (χ0v) is 15.8. The Kier molecular flexibility index (Phi) is 5.00. The monoisotopic (exact) mass is 328 g/mol. The lowest BCUT2D eigenvalue weighted by Crippen LogP contribution is -2.45. The van der Waals surface area contributed by atoms with Crippen molar-refractivity contribution in [3.05, 3.63) is 34.9 Å². The van der Waals surface area contributed by atoms with Crippen LogP contribution in [0, 0.1) is 25.2 Å². The lowest BCUT2D eigenvalue weighted by molar-refractivity contribution is -0.134. The quantitative estimate of drug-likeness (QED) is 0.843. The van der Waals surface area contributed by atoms with Crippen molar-refractivity contribution >= 4 is 5.91 Å². The number of likely N-dealkylation sites (tertiary alicyclic amines) is 2. The van der Waals surface area contributed by atoms with Gasteiger partial charge < -0.3 is 4.90 Å². The molecule has 2 aliphatic heterocycles. The van der Waals surface area contributed by atoms with E-state index in [1.807, 2.05) is 13.8 Å². The number of nitrogens with zero attached hydrogens (tertiary/aromatic N) is 2. The Labute approximate surface area is 147 Å². The third-order valence-corrected chi connectivity index (χ3v) is 6.01. The van der Waals surface area contributed by atoms with Crippen molar-refractivity contribution in [2.45, 2.75) is 53.5 Å². The number of hydrogen-bond acceptors (Lipinski definition) is 2. The van der Waals surface area contributed by atoms with Crippen LogP contribution < -0.4 is 0 Å². The lowest BCUT2D eigenvalue weighted by Gasteiger charge is -2.41. The third-order valence-electron chi connectivity index (χ3n) is 6.01. The number of piperidine rings is 1. The van der Waals surface area contributed by atoms with Crippen LogP contribution >= 0.6 is 0 Å². The number of amides is 1. The van der Waals surface area contributed by atoms with Crippen LogP contribution in [0.1, 0.15) is 49.8 Å². The highest BCUT2D eigenvalue weighted by Gasteiger charge is 2.42. The first-order valence-corrected chi connectivity index (χ1v) is 9.46. The first-order valence-electron chi connectivity index (χ1n) is 9.46. The van der Waals surface area contributed by atoms with Gasteiger partial charge in [0, 0.05) is 37.5 Å². The molecule has 2 saturated heterocycles. The summed E-state index contributed by atoms with van der Waals surface area (Å²) in [7, 11) is 0. The van der Waals surface area contributed by atoms with E-state index in [-0.39, 0.29) is 5.92 Å². The van der Waals surface area contributed by atoms with Crippen LogP contribution in [0.15, 0.2) is 18.2 Å². The molecule has 0 aromatic heterocycles. The average molecular weight is 329 g/mol. The molecule has 1 spiro atoms. The molecule has 0 N–H and O–H groups in total. The maximum absolute atomic E-state index is 12.3. The minimum absolute atomic E-state index is 0.120. The van der Waals surface area contributed by atoms with Gasteiger partial charge in [-0.1, -0.05) is 32.0 Å². The molecule has 2 aliphatic rings. The molecule has 0 saturated carbocycles. The van der Waals surface area contributed by atoms with Crippen molar-refractivity contribution in [3.8, 4) is 0 Å². The molecule has 3 nitrogen and oxygen atoms in total. The van der Waals surface area contributed by atoms with Crippen molar-refractivity contribution in [2.75, 3.05) is 26.2 Å². The largest absolute Gasteiger partial charge is 0.342 e. The summed E-state index contributed by atoms with van der Waals surface area (Å²) in [6.07, 6.45) is 3.71. The number of aryl methyl sites for hydroxylation is 2. The average Bonchev–Trinajstić information content (AvgIpc) is 2.93. The number of benzene rings is 1. The van der Waals surface area contributed by atoms with E-state index in [1.54, 1.807) is 0 Å². The fourth-order valence-electron chi connectivity index (χ4n) is 4.59. The van der Waals surface area contributed by atoms with Crippen LogP contribution in [0.3, 0.4) is 0 Å². The Hall–Kier alpha value is -1.35. The first-order chi connectivity index (χ1) is 11.4. The minimum atomic E-state index is 0.120. The number of carbonyl (C=O) groups excluding carboxylic acids is 1. The van der Waals surface area contributed by atoms with Crippen molar-refractivity contribution in [2.24, 2.45) is 11.3 Å². The van der Waals surface area contributed by atoms with E-state index in [1.165, 1.54) is 42.5 Å². The van der Waals surface area contributed by atoms with Crippen LogP contribution in [-0.2, 0) is 11.3 Å². The molecular formula is C21H32N2O. The maximum Gasteiger partial charge on any atom is 0.225 e. The minimum Gasteiger partial charge on any atom is -0.342 e. The van der Waals surface area contributed by atoms with Crippen molar-refractivity contribution in [3.63, 3.8) is 0 Å². The molecule has 1 aromatic carbocycles.